The zero-order valence-corrected chi connectivity index (χ0v) is 30.5. The van der Waals surface area contributed by atoms with E-state index in [0.717, 1.165) is 17.1 Å². The highest BCUT2D eigenvalue weighted by Crippen LogP contribution is 2.59. The fourth-order valence-electron chi connectivity index (χ4n) is 9.96. The molecule has 0 fully saturated rings. The largest absolute Gasteiger partial charge is 0.456 e. The zero-order valence-electron chi connectivity index (χ0n) is 30.5. The number of rotatable bonds is 4. The minimum absolute atomic E-state index is 0.533. The highest BCUT2D eigenvalue weighted by atomic mass is 16.5. The lowest BCUT2D eigenvalue weighted by atomic mass is 9.67. The lowest BCUT2D eigenvalue weighted by molar-refractivity contribution is 0.487. The van der Waals surface area contributed by atoms with Gasteiger partial charge in [0.2, 0.25) is 0 Å². The Morgan fingerprint density at radius 2 is 0.929 bits per heavy atom. The smallest absolute Gasteiger partial charge is 0.135 e. The van der Waals surface area contributed by atoms with Gasteiger partial charge in [0.05, 0.1) is 5.41 Å². The maximum atomic E-state index is 6.51. The first kappa shape index (κ1) is 31.2. The van der Waals surface area contributed by atoms with Crippen LogP contribution in [0.1, 0.15) is 22.3 Å². The SMILES string of the molecule is c1ccc(C2(c3ccccc3)c3cc(-c4ccc5c(c4)-c4cccc6cccc(c46)O5)ccc3-c3c2ccc2c(-c4cccc5ccccc45)cccc32)cc1. The summed E-state index contributed by atoms with van der Waals surface area (Å²) in [7, 11) is 0. The van der Waals surface area contributed by atoms with E-state index < -0.39 is 5.41 Å². The van der Waals surface area contributed by atoms with Crippen molar-refractivity contribution in [2.75, 3.05) is 0 Å². The third-order valence-electron chi connectivity index (χ3n) is 12.3. The van der Waals surface area contributed by atoms with Crippen LogP contribution < -0.4 is 4.74 Å². The minimum atomic E-state index is -0.533. The summed E-state index contributed by atoms with van der Waals surface area (Å²) in [6, 6.07) is 76.0. The predicted octanol–water partition coefficient (Wildman–Crippen LogP) is 14.6. The lowest BCUT2D eigenvalue weighted by Crippen LogP contribution is -2.28. The molecule has 10 aromatic carbocycles. The summed E-state index contributed by atoms with van der Waals surface area (Å²) in [5.41, 5.74) is 14.4. The van der Waals surface area contributed by atoms with E-state index in [1.807, 2.05) is 0 Å². The Kier molecular flexibility index (Phi) is 6.62. The Hall–Kier alpha value is -7.22. The summed E-state index contributed by atoms with van der Waals surface area (Å²) < 4.78 is 6.51. The topological polar surface area (TPSA) is 9.23 Å². The molecule has 10 aromatic rings. The van der Waals surface area contributed by atoms with Gasteiger partial charge in [0, 0.05) is 10.9 Å². The van der Waals surface area contributed by atoms with Crippen LogP contribution in [0.15, 0.2) is 206 Å². The van der Waals surface area contributed by atoms with Crippen molar-refractivity contribution in [3.63, 3.8) is 0 Å². The molecule has 0 amide bonds. The molecule has 0 unspecified atom stereocenters. The fraction of sp³-hybridized carbons (Fsp3) is 0.0182. The van der Waals surface area contributed by atoms with Gasteiger partial charge >= 0.3 is 0 Å². The highest BCUT2D eigenvalue weighted by molar-refractivity contribution is 6.12. The van der Waals surface area contributed by atoms with Crippen LogP contribution in [-0.4, -0.2) is 0 Å². The van der Waals surface area contributed by atoms with Crippen LogP contribution in [0.3, 0.4) is 0 Å². The van der Waals surface area contributed by atoms with Gasteiger partial charge in [0.15, 0.2) is 0 Å². The first-order valence-corrected chi connectivity index (χ1v) is 19.4. The first-order valence-electron chi connectivity index (χ1n) is 19.4. The molecule has 1 aliphatic heterocycles. The molecule has 260 valence electrons. The number of fused-ring (bicyclic) bond motifs is 8. The number of hydrogen-bond acceptors (Lipinski definition) is 1. The number of ether oxygens (including phenoxy) is 1. The second-order valence-corrected chi connectivity index (χ2v) is 15.1. The van der Waals surface area contributed by atoms with Gasteiger partial charge in [-0.15, -0.1) is 0 Å². The van der Waals surface area contributed by atoms with Crippen molar-refractivity contribution in [3.05, 3.63) is 229 Å². The molecule has 0 saturated heterocycles. The Labute approximate surface area is 325 Å². The maximum Gasteiger partial charge on any atom is 0.135 e. The van der Waals surface area contributed by atoms with E-state index in [1.54, 1.807) is 0 Å². The van der Waals surface area contributed by atoms with Gasteiger partial charge in [-0.2, -0.15) is 0 Å². The second-order valence-electron chi connectivity index (χ2n) is 15.1. The summed E-state index contributed by atoms with van der Waals surface area (Å²) in [5.74, 6) is 1.81. The van der Waals surface area contributed by atoms with Gasteiger partial charge in [-0.3, -0.25) is 0 Å². The molecule has 0 spiro atoms. The molecular formula is C55H34O. The van der Waals surface area contributed by atoms with Gasteiger partial charge in [0.25, 0.3) is 0 Å². The van der Waals surface area contributed by atoms with Crippen molar-refractivity contribution in [2.24, 2.45) is 0 Å². The monoisotopic (exact) mass is 710 g/mol. The van der Waals surface area contributed by atoms with Crippen LogP contribution in [0, 0.1) is 0 Å². The van der Waals surface area contributed by atoms with Crippen molar-refractivity contribution >= 4 is 32.3 Å². The zero-order chi connectivity index (χ0) is 36.8. The molecular weight excluding hydrogens is 677 g/mol. The Morgan fingerprint density at radius 3 is 1.73 bits per heavy atom. The maximum absolute atomic E-state index is 6.51. The summed E-state index contributed by atoms with van der Waals surface area (Å²) >= 11 is 0. The molecule has 0 saturated carbocycles. The van der Waals surface area contributed by atoms with E-state index in [1.165, 1.54) is 93.5 Å². The van der Waals surface area contributed by atoms with Crippen LogP contribution in [0.2, 0.25) is 0 Å². The Balaban J connectivity index is 1.13. The average Bonchev–Trinajstić information content (AvgIpc) is 3.57. The van der Waals surface area contributed by atoms with Crippen LogP contribution in [0.25, 0.3) is 76.8 Å². The molecule has 1 nitrogen and oxygen atoms in total. The number of hydrogen-bond donors (Lipinski definition) is 0. The van der Waals surface area contributed by atoms with Crippen LogP contribution in [0.5, 0.6) is 11.5 Å². The molecule has 0 atom stereocenters. The summed E-state index contributed by atoms with van der Waals surface area (Å²) in [5, 5.41) is 7.42. The first-order chi connectivity index (χ1) is 27.8. The van der Waals surface area contributed by atoms with E-state index in [4.69, 9.17) is 4.74 Å². The molecule has 1 heteroatoms. The molecule has 12 rings (SSSR count). The quantitative estimate of drug-likeness (QED) is 0.177. The van der Waals surface area contributed by atoms with Crippen molar-refractivity contribution in [2.45, 2.75) is 5.41 Å². The lowest BCUT2D eigenvalue weighted by Gasteiger charge is -2.34. The highest BCUT2D eigenvalue weighted by Gasteiger charge is 2.47. The van der Waals surface area contributed by atoms with Crippen molar-refractivity contribution < 1.29 is 4.74 Å². The molecule has 0 N–H and O–H groups in total. The van der Waals surface area contributed by atoms with Gasteiger partial charge in [-0.1, -0.05) is 182 Å². The molecule has 1 heterocycles. The molecule has 0 radical (unpaired) electrons. The predicted molar refractivity (Wildman–Crippen MR) is 233 cm³/mol. The third kappa shape index (κ3) is 4.31. The normalized spacial score (nSPS) is 13.3. The Bertz CT molecular complexity index is 3160. The van der Waals surface area contributed by atoms with E-state index in [2.05, 4.69) is 206 Å². The van der Waals surface area contributed by atoms with Crippen LogP contribution in [-0.2, 0) is 5.41 Å². The van der Waals surface area contributed by atoms with E-state index >= 15 is 0 Å². The summed E-state index contributed by atoms with van der Waals surface area (Å²) in [6.45, 7) is 0. The van der Waals surface area contributed by atoms with Crippen molar-refractivity contribution in [3.8, 4) is 56.0 Å². The Morgan fingerprint density at radius 1 is 0.321 bits per heavy atom. The van der Waals surface area contributed by atoms with Gasteiger partial charge in [0.1, 0.15) is 11.5 Å². The molecule has 2 aliphatic rings. The summed E-state index contributed by atoms with van der Waals surface area (Å²) in [4.78, 5) is 0. The standard InChI is InChI=1S/C55H34O/c1-3-17-39(18-4-1)55(40-19-5-2-6-20-40)49-31-30-44-43(42-22-9-14-35-13-7-8-21-41(35)42)23-12-25-45(44)54(49)47-29-27-38(34-50(47)55)37-28-32-51-48(33-37)46-24-10-15-36-16-11-26-52(56-51)53(36)46/h1-34H. The average molecular weight is 711 g/mol. The third-order valence-corrected chi connectivity index (χ3v) is 12.3. The van der Waals surface area contributed by atoms with Gasteiger partial charge < -0.3 is 4.74 Å². The van der Waals surface area contributed by atoms with Crippen LogP contribution >= 0.6 is 0 Å². The molecule has 0 bridgehead atoms. The van der Waals surface area contributed by atoms with Gasteiger partial charge in [-0.05, 0) is 112 Å². The van der Waals surface area contributed by atoms with Crippen LogP contribution in [0.4, 0.5) is 0 Å². The van der Waals surface area contributed by atoms with E-state index in [9.17, 15) is 0 Å². The van der Waals surface area contributed by atoms with Crippen molar-refractivity contribution in [1.82, 2.24) is 0 Å². The molecule has 56 heavy (non-hydrogen) atoms. The van der Waals surface area contributed by atoms with E-state index in [0.29, 0.717) is 0 Å². The molecule has 1 aliphatic carbocycles. The van der Waals surface area contributed by atoms with Gasteiger partial charge in [-0.25, -0.2) is 0 Å². The second kappa shape index (κ2) is 11.9. The molecule has 0 aromatic heterocycles. The van der Waals surface area contributed by atoms with Crippen molar-refractivity contribution in [1.29, 1.82) is 0 Å². The fourth-order valence-corrected chi connectivity index (χ4v) is 9.96. The van der Waals surface area contributed by atoms with E-state index in [-0.39, 0.29) is 0 Å². The summed E-state index contributed by atoms with van der Waals surface area (Å²) in [6.07, 6.45) is 0. The number of benzene rings is 10. The minimum Gasteiger partial charge on any atom is -0.456 e.